The minimum atomic E-state index is -0.501. The van der Waals surface area contributed by atoms with Crippen molar-refractivity contribution in [2.75, 3.05) is 30.3 Å². The summed E-state index contributed by atoms with van der Waals surface area (Å²) in [5.41, 5.74) is 8.62. The third-order valence-electron chi connectivity index (χ3n) is 5.93. The molecular weight excluding hydrogens is 475 g/mol. The Morgan fingerprint density at radius 1 is 1.19 bits per heavy atom. The molecule has 2 atom stereocenters. The number of rotatable bonds is 7. The average molecular weight is 501 g/mol. The van der Waals surface area contributed by atoms with E-state index in [0.29, 0.717) is 41.1 Å². The molecule has 1 aliphatic rings. The Bertz CT molecular complexity index is 1450. The highest BCUT2D eigenvalue weighted by Crippen LogP contribution is 2.31. The number of anilines is 3. The molecular formula is C26H25FN8O2. The molecule has 37 heavy (non-hydrogen) atoms. The Kier molecular flexibility index (Phi) is 7.08. The van der Waals surface area contributed by atoms with Crippen LogP contribution in [0.4, 0.5) is 21.7 Å². The van der Waals surface area contributed by atoms with E-state index in [1.807, 2.05) is 12.1 Å². The van der Waals surface area contributed by atoms with Crippen LogP contribution in [0, 0.1) is 5.82 Å². The van der Waals surface area contributed by atoms with Gasteiger partial charge in [0.1, 0.15) is 11.9 Å². The molecule has 5 rings (SSSR count). The summed E-state index contributed by atoms with van der Waals surface area (Å²) in [4.78, 5) is 29.5. The number of hydrogen-bond donors (Lipinski definition) is 4. The minimum Gasteiger partial charge on any atom is -0.369 e. The monoisotopic (exact) mass is 500 g/mol. The summed E-state index contributed by atoms with van der Waals surface area (Å²) in [6.07, 6.45) is 5.68. The summed E-state index contributed by atoms with van der Waals surface area (Å²) in [6, 6.07) is 9.83. The molecule has 0 aliphatic carbocycles. The Morgan fingerprint density at radius 2 is 2.08 bits per heavy atom. The first-order valence-electron chi connectivity index (χ1n) is 11.7. The highest BCUT2D eigenvalue weighted by atomic mass is 19.1. The Labute approximate surface area is 212 Å². The zero-order valence-electron chi connectivity index (χ0n) is 19.8. The largest absolute Gasteiger partial charge is 0.369 e. The van der Waals surface area contributed by atoms with Gasteiger partial charge in [0.15, 0.2) is 0 Å². The van der Waals surface area contributed by atoms with Crippen molar-refractivity contribution in [1.29, 1.82) is 0 Å². The van der Waals surface area contributed by atoms with E-state index >= 15 is 4.39 Å². The average Bonchev–Trinajstić information content (AvgIpc) is 2.93. The highest BCUT2D eigenvalue weighted by Gasteiger charge is 2.27. The molecule has 5 N–H and O–H groups in total. The molecule has 10 nitrogen and oxygen atoms in total. The minimum absolute atomic E-state index is 0.00518. The topological polar surface area (TPSA) is 140 Å². The molecule has 1 fully saturated rings. The number of nitrogens with two attached hydrogens (primary N) is 1. The Hall–Kier alpha value is -4.32. The fourth-order valence-corrected chi connectivity index (χ4v) is 4.14. The van der Waals surface area contributed by atoms with Crippen LogP contribution < -0.4 is 21.7 Å². The number of fused-ring (bicyclic) bond motifs is 1. The van der Waals surface area contributed by atoms with Gasteiger partial charge >= 0.3 is 0 Å². The van der Waals surface area contributed by atoms with Crippen molar-refractivity contribution in [1.82, 2.24) is 25.3 Å². The summed E-state index contributed by atoms with van der Waals surface area (Å²) < 4.78 is 20.9. The third-order valence-corrected chi connectivity index (χ3v) is 5.93. The van der Waals surface area contributed by atoms with Crippen LogP contribution in [0.25, 0.3) is 22.2 Å². The lowest BCUT2D eigenvalue weighted by atomic mass is 10.1. The number of amides is 1. The van der Waals surface area contributed by atoms with Crippen LogP contribution in [0.3, 0.4) is 0 Å². The van der Waals surface area contributed by atoms with Crippen LogP contribution in [-0.4, -0.2) is 51.6 Å². The smallest absolute Gasteiger partial charge is 0.247 e. The number of nitrogens with one attached hydrogen (secondary N) is 3. The van der Waals surface area contributed by atoms with Gasteiger partial charge in [-0.1, -0.05) is 6.58 Å². The molecule has 1 aliphatic heterocycles. The second-order valence-corrected chi connectivity index (χ2v) is 8.36. The normalized spacial score (nSPS) is 17.4. The van der Waals surface area contributed by atoms with Crippen molar-refractivity contribution in [2.45, 2.75) is 12.1 Å². The lowest BCUT2D eigenvalue weighted by molar-refractivity contribution is -0.111. The van der Waals surface area contributed by atoms with E-state index in [4.69, 9.17) is 10.5 Å². The van der Waals surface area contributed by atoms with Crippen molar-refractivity contribution < 1.29 is 13.9 Å². The van der Waals surface area contributed by atoms with E-state index in [1.54, 1.807) is 30.6 Å². The fourth-order valence-electron chi connectivity index (χ4n) is 4.14. The number of aromatic nitrogens is 4. The first-order valence-corrected chi connectivity index (χ1v) is 11.7. The SMILES string of the molecule is C=CC(=O)Nc1ccnc(-c2c(F)ccc3cnc(Nc4ccc([C@H]5OCCNC5CN)nc4)nc23)c1. The van der Waals surface area contributed by atoms with E-state index in [9.17, 15) is 4.79 Å². The number of benzene rings is 1. The highest BCUT2D eigenvalue weighted by molar-refractivity contribution is 6.00. The van der Waals surface area contributed by atoms with Gasteiger partial charge in [-0.3, -0.25) is 14.8 Å². The van der Waals surface area contributed by atoms with Crippen molar-refractivity contribution >= 4 is 34.1 Å². The van der Waals surface area contributed by atoms with E-state index < -0.39 is 5.82 Å². The van der Waals surface area contributed by atoms with Gasteiger partial charge in [-0.15, -0.1) is 0 Å². The van der Waals surface area contributed by atoms with Crippen molar-refractivity contribution in [3.05, 3.63) is 79.2 Å². The summed E-state index contributed by atoms with van der Waals surface area (Å²) in [6.45, 7) is 5.22. The number of carbonyl (C=O) groups excluding carboxylic acids is 1. The van der Waals surface area contributed by atoms with Gasteiger partial charge in [-0.2, -0.15) is 0 Å². The molecule has 1 amide bonds. The van der Waals surface area contributed by atoms with Gasteiger partial charge in [-0.05, 0) is 42.5 Å². The number of carbonyl (C=O) groups is 1. The quantitative estimate of drug-likeness (QED) is 0.282. The van der Waals surface area contributed by atoms with Crippen LogP contribution in [0.1, 0.15) is 11.8 Å². The molecule has 1 unspecified atom stereocenters. The number of ether oxygens (including phenoxy) is 1. The summed E-state index contributed by atoms with van der Waals surface area (Å²) >= 11 is 0. The van der Waals surface area contributed by atoms with Crippen molar-refractivity contribution in [3.63, 3.8) is 0 Å². The summed E-state index contributed by atoms with van der Waals surface area (Å²) in [7, 11) is 0. The van der Waals surface area contributed by atoms with Gasteiger partial charge in [0.25, 0.3) is 0 Å². The zero-order valence-corrected chi connectivity index (χ0v) is 19.8. The fraction of sp³-hybridized carbons (Fsp3) is 0.192. The molecule has 1 saturated heterocycles. The first-order chi connectivity index (χ1) is 18.1. The van der Waals surface area contributed by atoms with E-state index in [0.717, 1.165) is 18.3 Å². The first kappa shape index (κ1) is 24.4. The summed E-state index contributed by atoms with van der Waals surface area (Å²) in [5, 5.41) is 9.75. The molecule has 0 spiro atoms. The van der Waals surface area contributed by atoms with Crippen molar-refractivity contribution in [3.8, 4) is 11.3 Å². The predicted octanol–water partition coefficient (Wildman–Crippen LogP) is 3.08. The molecule has 3 aromatic heterocycles. The Balaban J connectivity index is 1.44. The van der Waals surface area contributed by atoms with Gasteiger partial charge in [-0.25, -0.2) is 14.4 Å². The Morgan fingerprint density at radius 3 is 2.86 bits per heavy atom. The lowest BCUT2D eigenvalue weighted by Crippen LogP contribution is -2.48. The number of hydrogen-bond acceptors (Lipinski definition) is 9. The zero-order chi connectivity index (χ0) is 25.8. The number of pyridine rings is 2. The predicted molar refractivity (Wildman–Crippen MR) is 139 cm³/mol. The molecule has 1 aromatic carbocycles. The summed E-state index contributed by atoms with van der Waals surface area (Å²) in [5.74, 6) is -0.618. The van der Waals surface area contributed by atoms with Gasteiger partial charge in [0.2, 0.25) is 11.9 Å². The van der Waals surface area contributed by atoms with Crippen LogP contribution in [0.2, 0.25) is 0 Å². The number of morpholine rings is 1. The van der Waals surface area contributed by atoms with Gasteiger partial charge in [0, 0.05) is 36.6 Å². The van der Waals surface area contributed by atoms with Gasteiger partial charge in [0.05, 0.1) is 47.0 Å². The van der Waals surface area contributed by atoms with E-state index in [-0.39, 0.29) is 29.6 Å². The molecule has 0 saturated carbocycles. The lowest BCUT2D eigenvalue weighted by Gasteiger charge is -2.31. The van der Waals surface area contributed by atoms with Crippen LogP contribution in [0.15, 0.2) is 67.6 Å². The second-order valence-electron chi connectivity index (χ2n) is 8.36. The molecule has 11 heteroatoms. The second kappa shape index (κ2) is 10.7. The maximum absolute atomic E-state index is 15.0. The molecule has 188 valence electrons. The molecule has 4 heterocycles. The van der Waals surface area contributed by atoms with Crippen molar-refractivity contribution in [2.24, 2.45) is 5.73 Å². The molecule has 0 bridgehead atoms. The van der Waals surface area contributed by atoms with E-state index in [2.05, 4.69) is 42.5 Å². The standard InChI is InChI=1S/C26H25FN8O2/c1-2-22(36)33-16-7-8-29-20(11-16)23-18(27)5-3-15-13-32-26(35-24(15)23)34-17-4-6-19(31-14-17)25-21(12-28)30-9-10-37-25/h2-8,11,13-14,21,25,30H,1,9-10,12,28H2,(H,29,33,36)(H,32,34,35)/t21?,25-/m1/s1. The number of nitrogens with zero attached hydrogens (tertiary/aromatic N) is 4. The molecule has 4 aromatic rings. The maximum Gasteiger partial charge on any atom is 0.247 e. The van der Waals surface area contributed by atoms with E-state index in [1.165, 1.54) is 12.3 Å². The van der Waals surface area contributed by atoms with Crippen LogP contribution in [-0.2, 0) is 9.53 Å². The van der Waals surface area contributed by atoms with Gasteiger partial charge < -0.3 is 26.4 Å². The third kappa shape index (κ3) is 5.28. The van der Waals surface area contributed by atoms with Crippen LogP contribution >= 0.6 is 0 Å². The molecule has 0 radical (unpaired) electrons. The maximum atomic E-state index is 15.0. The number of halogens is 1. The van der Waals surface area contributed by atoms with Crippen LogP contribution in [0.5, 0.6) is 0 Å².